The van der Waals surface area contributed by atoms with E-state index in [2.05, 4.69) is 10.6 Å². The van der Waals surface area contributed by atoms with E-state index in [1.165, 1.54) is 43.3 Å². The highest BCUT2D eigenvalue weighted by Crippen LogP contribution is 2.28. The molecule has 8 heteroatoms. The zero-order valence-electron chi connectivity index (χ0n) is 15.3. The first-order chi connectivity index (χ1) is 13.2. The number of benzene rings is 2. The second-order valence-corrected chi connectivity index (χ2v) is 6.76. The summed E-state index contributed by atoms with van der Waals surface area (Å²) in [6.45, 7) is 2.57. The van der Waals surface area contributed by atoms with Gasteiger partial charge in [0.25, 0.3) is 5.91 Å². The van der Waals surface area contributed by atoms with E-state index in [0.29, 0.717) is 11.1 Å². The number of imide groups is 1. The van der Waals surface area contributed by atoms with Gasteiger partial charge in [-0.25, -0.2) is 13.6 Å². The summed E-state index contributed by atoms with van der Waals surface area (Å²) in [6.07, 6.45) is 0. The molecule has 1 aliphatic rings. The maximum absolute atomic E-state index is 13.8. The number of urea groups is 1. The van der Waals surface area contributed by atoms with Gasteiger partial charge < -0.3 is 10.6 Å². The van der Waals surface area contributed by atoms with Gasteiger partial charge in [0, 0.05) is 5.56 Å². The summed E-state index contributed by atoms with van der Waals surface area (Å²) in [5, 5.41) is 5.12. The summed E-state index contributed by atoms with van der Waals surface area (Å²) in [5.41, 5.74) is -0.707. The molecule has 1 aliphatic heterocycles. The molecule has 0 radical (unpaired) electrons. The summed E-state index contributed by atoms with van der Waals surface area (Å²) in [5.74, 6) is -2.17. The molecule has 0 bridgehead atoms. The topological polar surface area (TPSA) is 78.5 Å². The Morgan fingerprint density at radius 3 is 2.43 bits per heavy atom. The van der Waals surface area contributed by atoms with E-state index < -0.39 is 47.6 Å². The first-order valence-corrected chi connectivity index (χ1v) is 8.66. The van der Waals surface area contributed by atoms with Crippen molar-refractivity contribution in [3.05, 3.63) is 71.3 Å². The van der Waals surface area contributed by atoms with Crippen LogP contribution in [-0.2, 0) is 15.1 Å². The molecule has 28 heavy (non-hydrogen) atoms. The maximum atomic E-state index is 13.8. The molecule has 1 heterocycles. The molecule has 1 saturated heterocycles. The predicted molar refractivity (Wildman–Crippen MR) is 97.0 cm³/mol. The molecule has 2 N–H and O–H groups in total. The van der Waals surface area contributed by atoms with E-state index in [4.69, 9.17) is 0 Å². The maximum Gasteiger partial charge on any atom is 0.325 e. The van der Waals surface area contributed by atoms with Crippen LogP contribution in [0.3, 0.4) is 0 Å². The minimum absolute atomic E-state index is 0.296. The lowest BCUT2D eigenvalue weighted by atomic mass is 9.92. The summed E-state index contributed by atoms with van der Waals surface area (Å²) in [4.78, 5) is 38.1. The van der Waals surface area contributed by atoms with E-state index in [1.807, 2.05) is 0 Å². The molecular weight excluding hydrogens is 368 g/mol. The van der Waals surface area contributed by atoms with Crippen LogP contribution in [0.1, 0.15) is 31.0 Å². The van der Waals surface area contributed by atoms with Gasteiger partial charge in [-0.05, 0) is 37.6 Å². The first-order valence-electron chi connectivity index (χ1n) is 8.66. The van der Waals surface area contributed by atoms with Crippen LogP contribution in [0.5, 0.6) is 0 Å². The quantitative estimate of drug-likeness (QED) is 0.774. The Balaban J connectivity index is 1.71. The van der Waals surface area contributed by atoms with Gasteiger partial charge in [0.15, 0.2) is 0 Å². The fourth-order valence-corrected chi connectivity index (χ4v) is 3.15. The van der Waals surface area contributed by atoms with Crippen molar-refractivity contribution in [2.45, 2.75) is 25.4 Å². The van der Waals surface area contributed by atoms with Crippen LogP contribution >= 0.6 is 0 Å². The Morgan fingerprint density at radius 1 is 1.14 bits per heavy atom. The fraction of sp³-hybridized carbons (Fsp3) is 0.250. The van der Waals surface area contributed by atoms with Crippen LogP contribution < -0.4 is 10.6 Å². The van der Waals surface area contributed by atoms with Gasteiger partial charge in [-0.15, -0.1) is 0 Å². The number of hydrogen-bond acceptors (Lipinski definition) is 3. The zero-order valence-corrected chi connectivity index (χ0v) is 15.3. The van der Waals surface area contributed by atoms with Gasteiger partial charge in [-0.2, -0.15) is 0 Å². The van der Waals surface area contributed by atoms with Crippen molar-refractivity contribution in [1.29, 1.82) is 0 Å². The minimum Gasteiger partial charge on any atom is -0.348 e. The Bertz CT molecular complexity index is 933. The van der Waals surface area contributed by atoms with Crippen molar-refractivity contribution in [3.8, 4) is 0 Å². The van der Waals surface area contributed by atoms with Crippen LogP contribution in [0.15, 0.2) is 48.5 Å². The van der Waals surface area contributed by atoms with Gasteiger partial charge in [0.1, 0.15) is 23.7 Å². The second kappa shape index (κ2) is 7.38. The lowest BCUT2D eigenvalue weighted by molar-refractivity contribution is -0.135. The molecule has 2 aromatic rings. The van der Waals surface area contributed by atoms with Gasteiger partial charge in [0.2, 0.25) is 5.91 Å². The molecule has 0 spiro atoms. The summed E-state index contributed by atoms with van der Waals surface area (Å²) in [7, 11) is 0. The largest absolute Gasteiger partial charge is 0.348 e. The number of hydrogen-bond donors (Lipinski definition) is 2. The molecule has 2 atom stereocenters. The van der Waals surface area contributed by atoms with Gasteiger partial charge in [-0.3, -0.25) is 14.5 Å². The molecule has 0 saturated carbocycles. The van der Waals surface area contributed by atoms with E-state index in [9.17, 15) is 23.2 Å². The molecule has 146 valence electrons. The highest BCUT2D eigenvalue weighted by Gasteiger charge is 2.49. The predicted octanol–water partition coefficient (Wildman–Crippen LogP) is 2.61. The van der Waals surface area contributed by atoms with Gasteiger partial charge in [0.05, 0.1) is 6.04 Å². The number of halogens is 2. The average molecular weight is 387 g/mol. The summed E-state index contributed by atoms with van der Waals surface area (Å²) >= 11 is 0. The number of rotatable bonds is 5. The van der Waals surface area contributed by atoms with E-state index in [0.717, 1.165) is 4.90 Å². The van der Waals surface area contributed by atoms with Crippen molar-refractivity contribution in [3.63, 3.8) is 0 Å². The molecule has 0 aromatic heterocycles. The first kappa shape index (κ1) is 19.5. The third-order valence-electron chi connectivity index (χ3n) is 4.75. The van der Waals surface area contributed by atoms with Crippen LogP contribution in [-0.4, -0.2) is 29.3 Å². The number of carbonyl (C=O) groups excluding carboxylic acids is 3. The third kappa shape index (κ3) is 3.58. The number of amides is 4. The Kier molecular flexibility index (Phi) is 5.13. The second-order valence-electron chi connectivity index (χ2n) is 6.76. The molecule has 6 nitrogen and oxygen atoms in total. The molecule has 4 amide bonds. The Labute approximate surface area is 160 Å². The summed E-state index contributed by atoms with van der Waals surface area (Å²) in [6, 6.07) is 9.81. The number of nitrogens with one attached hydrogen (secondary N) is 2. The smallest absolute Gasteiger partial charge is 0.325 e. The fourth-order valence-electron chi connectivity index (χ4n) is 3.15. The van der Waals surface area contributed by atoms with E-state index in [1.54, 1.807) is 19.1 Å². The zero-order chi connectivity index (χ0) is 20.5. The third-order valence-corrected chi connectivity index (χ3v) is 4.75. The molecule has 0 unspecified atom stereocenters. The van der Waals surface area contributed by atoms with Crippen molar-refractivity contribution in [2.75, 3.05) is 6.54 Å². The number of nitrogens with zero attached hydrogens (tertiary/aromatic N) is 1. The Morgan fingerprint density at radius 2 is 1.79 bits per heavy atom. The highest BCUT2D eigenvalue weighted by atomic mass is 19.1. The SMILES string of the molecule is C[C@@H](NC(=O)CN1C(=O)N[C@](C)(c2ccc(F)cc2)C1=O)c1ccccc1F. The molecule has 0 aliphatic carbocycles. The van der Waals surface area contributed by atoms with E-state index in [-0.39, 0.29) is 0 Å². The van der Waals surface area contributed by atoms with E-state index >= 15 is 0 Å². The monoisotopic (exact) mass is 387 g/mol. The van der Waals surface area contributed by atoms with Crippen molar-refractivity contribution < 1.29 is 23.2 Å². The van der Waals surface area contributed by atoms with Crippen LogP contribution in [0.25, 0.3) is 0 Å². The normalized spacial score (nSPS) is 20.1. The van der Waals surface area contributed by atoms with Crippen LogP contribution in [0, 0.1) is 11.6 Å². The van der Waals surface area contributed by atoms with Crippen LogP contribution in [0.2, 0.25) is 0 Å². The summed E-state index contributed by atoms with van der Waals surface area (Å²) < 4.78 is 27.0. The van der Waals surface area contributed by atoms with Gasteiger partial charge >= 0.3 is 6.03 Å². The average Bonchev–Trinajstić information content (AvgIpc) is 2.86. The lowest BCUT2D eigenvalue weighted by Gasteiger charge is -2.22. The molecule has 3 rings (SSSR count). The Hall–Kier alpha value is -3.29. The molecule has 2 aromatic carbocycles. The highest BCUT2D eigenvalue weighted by molar-refractivity contribution is 6.09. The number of carbonyl (C=O) groups is 3. The standard InChI is InChI=1S/C20H19F2N3O3/c1-12(15-5-3-4-6-16(15)22)23-17(26)11-25-18(27)20(2,24-19(25)28)13-7-9-14(21)10-8-13/h3-10,12H,11H2,1-2H3,(H,23,26)(H,24,28)/t12-,20-/m1/s1. The van der Waals surface area contributed by atoms with Crippen molar-refractivity contribution in [2.24, 2.45) is 0 Å². The van der Waals surface area contributed by atoms with Gasteiger partial charge in [-0.1, -0.05) is 30.3 Å². The lowest BCUT2D eigenvalue weighted by Crippen LogP contribution is -2.43. The van der Waals surface area contributed by atoms with Crippen LogP contribution in [0.4, 0.5) is 13.6 Å². The molecule has 1 fully saturated rings. The minimum atomic E-state index is -1.40. The molecular formula is C20H19F2N3O3. The van der Waals surface area contributed by atoms with Crippen molar-refractivity contribution >= 4 is 17.8 Å². The van der Waals surface area contributed by atoms with Crippen molar-refractivity contribution in [1.82, 2.24) is 15.5 Å².